The Bertz CT molecular complexity index is 1090. The molecule has 0 aromatic rings. The number of ether oxygens (including phenoxy) is 2. The van der Waals surface area contributed by atoms with E-state index in [0.29, 0.717) is 24.1 Å². The largest absolute Gasteiger partial charge is 0.756 e. The number of carbonyl (C=O) groups excluding carboxylic acids is 1. The fourth-order valence-electron chi connectivity index (χ4n) is 5.22. The van der Waals surface area contributed by atoms with E-state index in [9.17, 15) is 14.3 Å². The predicted octanol–water partition coefficient (Wildman–Crippen LogP) is 11.7. The Kier molecular flexibility index (Phi) is 36.4. The van der Waals surface area contributed by atoms with E-state index in [1.165, 1.54) is 32.1 Å². The Morgan fingerprint density at radius 1 is 0.593 bits per heavy atom. The number of hydrogen-bond acceptors (Lipinski definition) is 7. The molecule has 8 nitrogen and oxygen atoms in total. The molecule has 54 heavy (non-hydrogen) atoms. The van der Waals surface area contributed by atoms with Gasteiger partial charge in [0.25, 0.3) is 7.82 Å². The Morgan fingerprint density at radius 2 is 1.07 bits per heavy atom. The zero-order valence-corrected chi connectivity index (χ0v) is 36.0. The van der Waals surface area contributed by atoms with Gasteiger partial charge < -0.3 is 27.9 Å². The molecule has 312 valence electrons. The molecule has 0 aliphatic rings. The summed E-state index contributed by atoms with van der Waals surface area (Å²) in [4.78, 5) is 24.9. The summed E-state index contributed by atoms with van der Waals surface area (Å²) in [6.45, 7) is 5.16. The Hall–Kier alpha value is -2.06. The van der Waals surface area contributed by atoms with Crippen molar-refractivity contribution in [3.05, 3.63) is 72.9 Å². The highest BCUT2D eigenvalue weighted by molar-refractivity contribution is 7.45. The van der Waals surface area contributed by atoms with Crippen molar-refractivity contribution in [2.75, 3.05) is 54.1 Å². The summed E-state index contributed by atoms with van der Waals surface area (Å²) in [6.07, 6.45) is 47.8. The van der Waals surface area contributed by atoms with Crippen LogP contribution in [0.3, 0.4) is 0 Å². The molecule has 0 radical (unpaired) electrons. The van der Waals surface area contributed by atoms with Crippen molar-refractivity contribution in [2.24, 2.45) is 0 Å². The average Bonchev–Trinajstić information content (AvgIpc) is 3.12. The SMILES string of the molecule is CC/C=C\C/C=C\C/C=C\C/C=C\C/C=C\CCCCCCCCOCC(COP(=O)([O-])OCC[N+](C)(C)C)OC(=O)CCCCCCC/C=C\CCC. The first-order valence-corrected chi connectivity index (χ1v) is 22.6. The number of rotatable bonds is 38. The number of allylic oxidation sites excluding steroid dienone is 12. The first-order chi connectivity index (χ1) is 26.1. The molecule has 0 bridgehead atoms. The molecule has 9 heteroatoms. The summed E-state index contributed by atoms with van der Waals surface area (Å²) in [5, 5.41) is 0. The molecule has 2 atom stereocenters. The number of carbonyl (C=O) groups is 1. The fourth-order valence-corrected chi connectivity index (χ4v) is 5.95. The van der Waals surface area contributed by atoms with Crippen LogP contribution in [0.5, 0.6) is 0 Å². The van der Waals surface area contributed by atoms with E-state index in [1.54, 1.807) is 0 Å². The molecule has 0 aliphatic carbocycles. The van der Waals surface area contributed by atoms with E-state index in [1.807, 2.05) is 21.1 Å². The van der Waals surface area contributed by atoms with E-state index in [4.69, 9.17) is 18.5 Å². The highest BCUT2D eigenvalue weighted by atomic mass is 31.2. The molecule has 0 N–H and O–H groups in total. The summed E-state index contributed by atoms with van der Waals surface area (Å²) in [5.41, 5.74) is 0. The molecular weight excluding hydrogens is 697 g/mol. The molecule has 0 aromatic heterocycles. The van der Waals surface area contributed by atoms with Gasteiger partial charge in [-0.15, -0.1) is 0 Å². The number of unbranched alkanes of at least 4 members (excludes halogenated alkanes) is 12. The van der Waals surface area contributed by atoms with Crippen LogP contribution in [0.1, 0.15) is 149 Å². The topological polar surface area (TPSA) is 94.1 Å². The molecule has 0 fully saturated rings. The lowest BCUT2D eigenvalue weighted by atomic mass is 10.1. The monoisotopic (exact) mass is 778 g/mol. The second-order valence-electron chi connectivity index (χ2n) is 15.0. The summed E-state index contributed by atoms with van der Waals surface area (Å²) < 4.78 is 34.5. The van der Waals surface area contributed by atoms with Gasteiger partial charge in [0.15, 0.2) is 0 Å². The highest BCUT2D eigenvalue weighted by Crippen LogP contribution is 2.38. The van der Waals surface area contributed by atoms with Gasteiger partial charge in [0.2, 0.25) is 0 Å². The van der Waals surface area contributed by atoms with Crippen LogP contribution in [0.4, 0.5) is 0 Å². The quantitative estimate of drug-likeness (QED) is 0.0202. The molecular formula is C45H80NO7P. The van der Waals surface area contributed by atoms with Gasteiger partial charge in [-0.1, -0.05) is 138 Å². The van der Waals surface area contributed by atoms with Gasteiger partial charge in [-0.3, -0.25) is 9.36 Å². The Labute approximate surface area is 332 Å². The molecule has 0 aromatic carbocycles. The van der Waals surface area contributed by atoms with E-state index in [2.05, 4.69) is 86.8 Å². The lowest BCUT2D eigenvalue weighted by Gasteiger charge is -2.28. The van der Waals surface area contributed by atoms with Crippen molar-refractivity contribution in [2.45, 2.75) is 155 Å². The van der Waals surface area contributed by atoms with Crippen molar-refractivity contribution in [3.63, 3.8) is 0 Å². The van der Waals surface area contributed by atoms with E-state index < -0.39 is 13.9 Å². The normalized spacial score (nSPS) is 14.6. The third kappa shape index (κ3) is 41.1. The smallest absolute Gasteiger partial charge is 0.306 e. The highest BCUT2D eigenvalue weighted by Gasteiger charge is 2.20. The van der Waals surface area contributed by atoms with Crippen LogP contribution in [0.25, 0.3) is 0 Å². The number of hydrogen-bond donors (Lipinski definition) is 0. The van der Waals surface area contributed by atoms with Crippen LogP contribution < -0.4 is 4.89 Å². The van der Waals surface area contributed by atoms with E-state index in [0.717, 1.165) is 96.3 Å². The minimum absolute atomic E-state index is 0.0175. The number of phosphoric ester groups is 1. The first kappa shape index (κ1) is 51.9. The standard InChI is InChI=1S/C45H80NO7P/c1-6-8-10-12-14-16-18-19-20-21-22-23-24-25-26-27-28-29-31-33-35-37-40-50-42-44(43-52-54(48,49)51-41-39-46(3,4)5)53-45(47)38-36-34-32-30-17-15-13-11-9-7-2/h8,10-11,13-14,16,19-20,22-23,25-26,44H,6-7,9,12,15,17-18,21,24,27-43H2,1-5H3/b10-8-,13-11-,16-14-,20-19-,23-22-,26-25-. The second-order valence-corrected chi connectivity index (χ2v) is 16.4. The van der Waals surface area contributed by atoms with Gasteiger partial charge in [-0.25, -0.2) is 0 Å². The minimum atomic E-state index is -4.53. The second kappa shape index (κ2) is 37.8. The van der Waals surface area contributed by atoms with Crippen molar-refractivity contribution < 1.29 is 37.3 Å². The lowest BCUT2D eigenvalue weighted by molar-refractivity contribution is -0.870. The molecule has 0 aliphatic heterocycles. The van der Waals surface area contributed by atoms with Gasteiger partial charge in [-0.2, -0.15) is 0 Å². The number of phosphoric acid groups is 1. The third-order valence-electron chi connectivity index (χ3n) is 8.47. The van der Waals surface area contributed by atoms with Crippen LogP contribution in [-0.4, -0.2) is 70.7 Å². The van der Waals surface area contributed by atoms with Gasteiger partial charge in [0, 0.05) is 13.0 Å². The molecule has 0 spiro atoms. The first-order valence-electron chi connectivity index (χ1n) is 21.2. The molecule has 0 saturated heterocycles. The summed E-state index contributed by atoms with van der Waals surface area (Å²) in [7, 11) is 1.33. The molecule has 0 amide bonds. The Balaban J connectivity index is 4.23. The van der Waals surface area contributed by atoms with Crippen molar-refractivity contribution in [1.29, 1.82) is 0 Å². The Morgan fingerprint density at radius 3 is 1.63 bits per heavy atom. The van der Waals surface area contributed by atoms with Crippen molar-refractivity contribution in [3.8, 4) is 0 Å². The minimum Gasteiger partial charge on any atom is -0.756 e. The fraction of sp³-hybridized carbons (Fsp3) is 0.711. The summed E-state index contributed by atoms with van der Waals surface area (Å²) >= 11 is 0. The van der Waals surface area contributed by atoms with Crippen molar-refractivity contribution >= 4 is 13.8 Å². The number of quaternary nitrogens is 1. The third-order valence-corrected chi connectivity index (χ3v) is 9.44. The number of likely N-dealkylation sites (N-methyl/N-ethyl adjacent to an activating group) is 1. The van der Waals surface area contributed by atoms with Gasteiger partial charge in [0.05, 0.1) is 34.4 Å². The van der Waals surface area contributed by atoms with Crippen LogP contribution in [0.2, 0.25) is 0 Å². The van der Waals surface area contributed by atoms with E-state index >= 15 is 0 Å². The zero-order chi connectivity index (χ0) is 39.9. The molecule has 2 unspecified atom stereocenters. The van der Waals surface area contributed by atoms with Crippen LogP contribution >= 0.6 is 7.82 Å². The van der Waals surface area contributed by atoms with Crippen LogP contribution in [0.15, 0.2) is 72.9 Å². The predicted molar refractivity (Wildman–Crippen MR) is 226 cm³/mol. The van der Waals surface area contributed by atoms with Crippen LogP contribution in [0, 0.1) is 0 Å². The van der Waals surface area contributed by atoms with Crippen LogP contribution in [-0.2, 0) is 27.9 Å². The summed E-state index contributed by atoms with van der Waals surface area (Å²) in [5.74, 6) is -0.356. The average molecular weight is 778 g/mol. The van der Waals surface area contributed by atoms with Gasteiger partial charge in [-0.05, 0) is 77.0 Å². The number of nitrogens with zero attached hydrogens (tertiary/aromatic N) is 1. The molecule has 0 heterocycles. The molecule has 0 rings (SSSR count). The lowest BCUT2D eigenvalue weighted by Crippen LogP contribution is -2.37. The zero-order valence-electron chi connectivity index (χ0n) is 35.1. The van der Waals surface area contributed by atoms with Gasteiger partial charge >= 0.3 is 5.97 Å². The maximum absolute atomic E-state index is 12.6. The van der Waals surface area contributed by atoms with Crippen molar-refractivity contribution in [1.82, 2.24) is 0 Å². The maximum atomic E-state index is 12.6. The summed E-state index contributed by atoms with van der Waals surface area (Å²) in [6, 6.07) is 0. The number of esters is 1. The van der Waals surface area contributed by atoms with Gasteiger partial charge in [0.1, 0.15) is 19.3 Å². The molecule has 0 saturated carbocycles. The van der Waals surface area contributed by atoms with E-state index in [-0.39, 0.29) is 25.8 Å². The maximum Gasteiger partial charge on any atom is 0.306 e.